The Bertz CT molecular complexity index is 1180. The highest BCUT2D eigenvalue weighted by molar-refractivity contribution is 6.23. The molecule has 1 fully saturated rings. The molecule has 3 amide bonds. The third kappa shape index (κ3) is 1.95. The van der Waals surface area contributed by atoms with E-state index in [1.54, 1.807) is 17.9 Å². The minimum atomic E-state index is -1.15. The quantitative estimate of drug-likeness (QED) is 0.673. The molecule has 28 heavy (non-hydrogen) atoms. The summed E-state index contributed by atoms with van der Waals surface area (Å²) in [6.45, 7) is 2.17. The number of para-hydroxylation sites is 1. The second-order valence-electron chi connectivity index (χ2n) is 7.28. The summed E-state index contributed by atoms with van der Waals surface area (Å²) >= 11 is 0. The van der Waals surface area contributed by atoms with Gasteiger partial charge in [0.15, 0.2) is 5.54 Å². The standard InChI is InChI=1S/C21H17N3O4/c1-21-17-15(14-7-2-3-8-16(14)22-17)9-10-23(21)20(28)24(19(21)27)13-6-4-5-12(11-13)18(25)26/h2-8,11,22H,9-10H2,1H3,(H,25,26)/t21-/m1/s1. The smallest absolute Gasteiger partial charge is 0.335 e. The van der Waals surface area contributed by atoms with Gasteiger partial charge >= 0.3 is 12.0 Å². The van der Waals surface area contributed by atoms with E-state index < -0.39 is 17.5 Å². The number of anilines is 1. The molecule has 2 aliphatic heterocycles. The summed E-state index contributed by atoms with van der Waals surface area (Å²) in [5.41, 5.74) is 1.86. The average molecular weight is 375 g/mol. The first-order valence-corrected chi connectivity index (χ1v) is 9.02. The number of hydrogen-bond acceptors (Lipinski definition) is 3. The van der Waals surface area contributed by atoms with Gasteiger partial charge in [0.25, 0.3) is 5.91 Å². The van der Waals surface area contributed by atoms with E-state index in [1.165, 1.54) is 18.2 Å². The fourth-order valence-corrected chi connectivity index (χ4v) is 4.40. The molecule has 1 atom stereocenters. The second-order valence-corrected chi connectivity index (χ2v) is 7.28. The predicted molar refractivity (Wildman–Crippen MR) is 102 cm³/mol. The maximum absolute atomic E-state index is 13.5. The van der Waals surface area contributed by atoms with Crippen LogP contribution in [0.15, 0.2) is 48.5 Å². The number of hydrogen-bond donors (Lipinski definition) is 2. The third-order valence-electron chi connectivity index (χ3n) is 5.82. The Balaban J connectivity index is 1.67. The number of aromatic carboxylic acids is 1. The summed E-state index contributed by atoms with van der Waals surface area (Å²) < 4.78 is 0. The zero-order chi connectivity index (χ0) is 19.6. The molecule has 2 N–H and O–H groups in total. The molecule has 3 aromatic rings. The molecule has 2 aromatic carbocycles. The van der Waals surface area contributed by atoms with Crippen molar-refractivity contribution in [1.82, 2.24) is 9.88 Å². The molecule has 0 aliphatic carbocycles. The number of amides is 3. The molecule has 140 valence electrons. The van der Waals surface area contributed by atoms with Crippen LogP contribution < -0.4 is 4.90 Å². The molecule has 7 nitrogen and oxygen atoms in total. The van der Waals surface area contributed by atoms with Crippen LogP contribution in [0.1, 0.15) is 28.5 Å². The zero-order valence-corrected chi connectivity index (χ0v) is 15.1. The lowest BCUT2D eigenvalue weighted by Gasteiger charge is -2.35. The van der Waals surface area contributed by atoms with E-state index in [0.29, 0.717) is 13.0 Å². The lowest BCUT2D eigenvalue weighted by molar-refractivity contribution is -0.125. The number of urea groups is 1. The van der Waals surface area contributed by atoms with Gasteiger partial charge < -0.3 is 15.0 Å². The first-order valence-electron chi connectivity index (χ1n) is 9.02. The van der Waals surface area contributed by atoms with Crippen LogP contribution in [0.4, 0.5) is 10.5 Å². The van der Waals surface area contributed by atoms with Crippen LogP contribution in [0.25, 0.3) is 10.9 Å². The van der Waals surface area contributed by atoms with Gasteiger partial charge in [-0.15, -0.1) is 0 Å². The summed E-state index contributed by atoms with van der Waals surface area (Å²) in [7, 11) is 0. The maximum Gasteiger partial charge on any atom is 0.335 e. The Hall–Kier alpha value is -3.61. The average Bonchev–Trinajstić information content (AvgIpc) is 3.16. The van der Waals surface area contributed by atoms with E-state index in [0.717, 1.165) is 27.1 Å². The lowest BCUT2D eigenvalue weighted by atomic mass is 9.87. The summed E-state index contributed by atoms with van der Waals surface area (Å²) in [4.78, 5) is 43.9. The number of fused-ring (bicyclic) bond motifs is 5. The lowest BCUT2D eigenvalue weighted by Crippen LogP contribution is -2.49. The van der Waals surface area contributed by atoms with Gasteiger partial charge in [0, 0.05) is 17.4 Å². The molecule has 5 rings (SSSR count). The normalized spacial score (nSPS) is 21.2. The number of rotatable bonds is 2. The second kappa shape index (κ2) is 5.45. The van der Waals surface area contributed by atoms with Gasteiger partial charge in [0.1, 0.15) is 0 Å². The number of benzene rings is 2. The van der Waals surface area contributed by atoms with Crippen molar-refractivity contribution >= 4 is 34.5 Å². The van der Waals surface area contributed by atoms with Gasteiger partial charge in [0.2, 0.25) is 0 Å². The van der Waals surface area contributed by atoms with Crippen molar-refractivity contribution in [1.29, 1.82) is 0 Å². The number of carbonyl (C=O) groups excluding carboxylic acids is 2. The van der Waals surface area contributed by atoms with Crippen molar-refractivity contribution in [2.75, 3.05) is 11.4 Å². The Morgan fingerprint density at radius 3 is 2.71 bits per heavy atom. The minimum Gasteiger partial charge on any atom is -0.478 e. The number of carbonyl (C=O) groups is 3. The number of carboxylic acid groups (broad SMARTS) is 1. The molecule has 2 aliphatic rings. The van der Waals surface area contributed by atoms with E-state index in [1.807, 2.05) is 24.3 Å². The Morgan fingerprint density at radius 1 is 1.14 bits per heavy atom. The van der Waals surface area contributed by atoms with Gasteiger partial charge in [-0.25, -0.2) is 14.5 Å². The van der Waals surface area contributed by atoms with Crippen molar-refractivity contribution in [2.24, 2.45) is 0 Å². The van der Waals surface area contributed by atoms with Crippen LogP contribution in [0.5, 0.6) is 0 Å². The molecule has 1 saturated heterocycles. The number of aromatic amines is 1. The van der Waals surface area contributed by atoms with Crippen molar-refractivity contribution < 1.29 is 19.5 Å². The largest absolute Gasteiger partial charge is 0.478 e. The highest BCUT2D eigenvalue weighted by Crippen LogP contribution is 2.45. The van der Waals surface area contributed by atoms with E-state index >= 15 is 0 Å². The van der Waals surface area contributed by atoms with E-state index in [9.17, 15) is 19.5 Å². The topological polar surface area (TPSA) is 93.7 Å². The molecule has 0 spiro atoms. The van der Waals surface area contributed by atoms with Crippen molar-refractivity contribution in [3.63, 3.8) is 0 Å². The first-order chi connectivity index (χ1) is 13.4. The van der Waals surface area contributed by atoms with Gasteiger partial charge in [-0.1, -0.05) is 24.3 Å². The number of nitrogens with zero attached hydrogens (tertiary/aromatic N) is 2. The maximum atomic E-state index is 13.5. The van der Waals surface area contributed by atoms with Crippen molar-refractivity contribution in [3.05, 3.63) is 65.4 Å². The number of aromatic nitrogens is 1. The monoisotopic (exact) mass is 375 g/mol. The van der Waals surface area contributed by atoms with Crippen LogP contribution in [-0.2, 0) is 16.8 Å². The molecular weight excluding hydrogens is 358 g/mol. The van der Waals surface area contributed by atoms with Crippen LogP contribution in [0.2, 0.25) is 0 Å². The Kier molecular flexibility index (Phi) is 3.22. The summed E-state index contributed by atoms with van der Waals surface area (Å²) in [5, 5.41) is 10.3. The van der Waals surface area contributed by atoms with Crippen LogP contribution >= 0.6 is 0 Å². The SMILES string of the molecule is C[C@@]12C(=O)N(c3cccc(C(=O)O)c3)C(=O)N1CCc1c2[nH]c2ccccc12. The van der Waals surface area contributed by atoms with Crippen molar-refractivity contribution in [3.8, 4) is 0 Å². The van der Waals surface area contributed by atoms with Gasteiger partial charge in [-0.3, -0.25) is 4.79 Å². The molecule has 0 radical (unpaired) electrons. The fraction of sp³-hybridized carbons (Fsp3) is 0.190. The van der Waals surface area contributed by atoms with Gasteiger partial charge in [0.05, 0.1) is 16.9 Å². The summed E-state index contributed by atoms with van der Waals surface area (Å²) in [6.07, 6.45) is 0.650. The van der Waals surface area contributed by atoms with E-state index in [2.05, 4.69) is 4.98 Å². The van der Waals surface area contributed by atoms with Crippen molar-refractivity contribution in [2.45, 2.75) is 18.9 Å². The summed E-state index contributed by atoms with van der Waals surface area (Å²) in [6, 6.07) is 13.3. The fourth-order valence-electron chi connectivity index (χ4n) is 4.40. The molecule has 0 saturated carbocycles. The zero-order valence-electron chi connectivity index (χ0n) is 15.1. The van der Waals surface area contributed by atoms with Crippen LogP contribution in [-0.4, -0.2) is 39.4 Å². The Morgan fingerprint density at radius 2 is 1.93 bits per heavy atom. The molecule has 7 heteroatoms. The minimum absolute atomic E-state index is 0.0272. The third-order valence-corrected chi connectivity index (χ3v) is 5.82. The molecular formula is C21H17N3O4. The Labute approximate surface area is 160 Å². The number of H-pyrrole nitrogens is 1. The molecule has 0 bridgehead atoms. The van der Waals surface area contributed by atoms with Crippen LogP contribution in [0, 0.1) is 0 Å². The van der Waals surface area contributed by atoms with Crippen LogP contribution in [0.3, 0.4) is 0 Å². The molecule has 3 heterocycles. The molecule has 1 aromatic heterocycles. The highest BCUT2D eigenvalue weighted by Gasteiger charge is 2.59. The van der Waals surface area contributed by atoms with E-state index in [4.69, 9.17) is 0 Å². The number of nitrogens with one attached hydrogen (secondary N) is 1. The predicted octanol–water partition coefficient (Wildman–Crippen LogP) is 3.11. The first kappa shape index (κ1) is 16.6. The summed E-state index contributed by atoms with van der Waals surface area (Å²) in [5.74, 6) is -1.49. The van der Waals surface area contributed by atoms with Gasteiger partial charge in [-0.05, 0) is 43.2 Å². The molecule has 0 unspecified atom stereocenters. The van der Waals surface area contributed by atoms with E-state index in [-0.39, 0.29) is 17.2 Å². The number of carboxylic acids is 1. The highest BCUT2D eigenvalue weighted by atomic mass is 16.4. The van der Waals surface area contributed by atoms with Gasteiger partial charge in [-0.2, -0.15) is 0 Å². The number of imide groups is 1.